The Bertz CT molecular complexity index is 375. The summed E-state index contributed by atoms with van der Waals surface area (Å²) < 4.78 is 11.2. The summed E-state index contributed by atoms with van der Waals surface area (Å²) in [6.07, 6.45) is 0. The Kier molecular flexibility index (Phi) is 2.70. The van der Waals surface area contributed by atoms with Gasteiger partial charge in [0.15, 0.2) is 11.5 Å². The molecule has 0 aromatic carbocycles. The summed E-state index contributed by atoms with van der Waals surface area (Å²) >= 11 is 1.55. The van der Waals surface area contributed by atoms with Gasteiger partial charge in [-0.3, -0.25) is 0 Å². The van der Waals surface area contributed by atoms with E-state index in [2.05, 4.69) is 10.0 Å². The van der Waals surface area contributed by atoms with Crippen molar-refractivity contribution in [3.63, 3.8) is 0 Å². The number of nitrogens with zero attached hydrogens (tertiary/aromatic N) is 3. The molecule has 15 heavy (non-hydrogen) atoms. The van der Waals surface area contributed by atoms with Crippen molar-refractivity contribution in [2.75, 3.05) is 19.8 Å². The zero-order chi connectivity index (χ0) is 10.7. The van der Waals surface area contributed by atoms with Gasteiger partial charge in [0.05, 0.1) is 13.2 Å². The van der Waals surface area contributed by atoms with Gasteiger partial charge in [-0.15, -0.1) is 11.3 Å². The molecule has 0 radical (unpaired) electrons. The molecular formula is C9H11N3O2S. The maximum absolute atomic E-state index is 8.29. The molecule has 2 heterocycles. The highest BCUT2D eigenvalue weighted by molar-refractivity contribution is 7.08. The predicted molar refractivity (Wildman–Crippen MR) is 57.4 cm³/mol. The van der Waals surface area contributed by atoms with Crippen molar-refractivity contribution in [1.29, 1.82) is 0 Å². The van der Waals surface area contributed by atoms with Gasteiger partial charge in [-0.25, -0.2) is 0 Å². The lowest BCUT2D eigenvalue weighted by atomic mass is 9.93. The fraction of sp³-hybridized carbons (Fsp3) is 0.556. The molecule has 0 saturated heterocycles. The van der Waals surface area contributed by atoms with Crippen molar-refractivity contribution in [3.05, 3.63) is 21.2 Å². The second-order valence-electron chi connectivity index (χ2n) is 3.88. The number of hydrogen-bond acceptors (Lipinski definition) is 4. The van der Waals surface area contributed by atoms with E-state index in [1.807, 2.05) is 17.7 Å². The summed E-state index contributed by atoms with van der Waals surface area (Å²) in [5.74, 6) is 1.56. The highest BCUT2D eigenvalue weighted by atomic mass is 32.1. The quantitative estimate of drug-likeness (QED) is 0.441. The number of fused-ring (bicyclic) bond motifs is 1. The van der Waals surface area contributed by atoms with Crippen molar-refractivity contribution in [1.82, 2.24) is 0 Å². The summed E-state index contributed by atoms with van der Waals surface area (Å²) in [4.78, 5) is 2.76. The average Bonchev–Trinajstić information content (AvgIpc) is 2.63. The molecule has 1 aromatic heterocycles. The van der Waals surface area contributed by atoms with Gasteiger partial charge in [0, 0.05) is 27.6 Å². The number of ether oxygens (including phenoxy) is 2. The molecule has 0 atom stereocenters. The Morgan fingerprint density at radius 1 is 1.47 bits per heavy atom. The van der Waals surface area contributed by atoms with Crippen LogP contribution >= 0.6 is 11.3 Å². The van der Waals surface area contributed by atoms with Gasteiger partial charge in [-0.1, -0.05) is 12.0 Å². The summed E-state index contributed by atoms with van der Waals surface area (Å²) in [6.45, 7) is 3.39. The van der Waals surface area contributed by atoms with E-state index in [0.717, 1.165) is 11.5 Å². The van der Waals surface area contributed by atoms with Crippen LogP contribution in [-0.4, -0.2) is 19.8 Å². The Morgan fingerprint density at radius 2 is 2.07 bits per heavy atom. The first-order valence-electron chi connectivity index (χ1n) is 4.56. The van der Waals surface area contributed by atoms with Crippen molar-refractivity contribution in [2.24, 2.45) is 10.5 Å². The average molecular weight is 225 g/mol. The molecule has 2 rings (SSSR count). The van der Waals surface area contributed by atoms with Gasteiger partial charge >= 0.3 is 0 Å². The number of thiophene rings is 1. The summed E-state index contributed by atoms with van der Waals surface area (Å²) in [5.41, 5.74) is 8.05. The van der Waals surface area contributed by atoms with Crippen LogP contribution in [0.15, 0.2) is 15.9 Å². The molecular weight excluding hydrogens is 214 g/mol. The van der Waals surface area contributed by atoms with Crippen molar-refractivity contribution >= 4 is 11.3 Å². The zero-order valence-corrected chi connectivity index (χ0v) is 9.16. The van der Waals surface area contributed by atoms with E-state index in [1.54, 1.807) is 11.3 Å². The molecule has 0 aliphatic carbocycles. The lowest BCUT2D eigenvalue weighted by molar-refractivity contribution is 0.129. The van der Waals surface area contributed by atoms with Gasteiger partial charge in [0.1, 0.15) is 0 Å². The van der Waals surface area contributed by atoms with Gasteiger partial charge in [0.25, 0.3) is 0 Å². The topological polar surface area (TPSA) is 67.2 Å². The van der Waals surface area contributed by atoms with Crippen LogP contribution in [0.25, 0.3) is 10.4 Å². The normalized spacial score (nSPS) is 17.7. The maximum atomic E-state index is 8.29. The minimum atomic E-state index is -0.247. The Morgan fingerprint density at radius 3 is 2.60 bits per heavy atom. The van der Waals surface area contributed by atoms with E-state index < -0.39 is 0 Å². The number of hydrogen-bond donors (Lipinski definition) is 0. The minimum absolute atomic E-state index is 0.247. The van der Waals surface area contributed by atoms with Crippen LogP contribution in [0.2, 0.25) is 0 Å². The van der Waals surface area contributed by atoms with E-state index in [9.17, 15) is 0 Å². The largest absolute Gasteiger partial charge is 0.488 e. The third kappa shape index (κ3) is 2.16. The first-order valence-corrected chi connectivity index (χ1v) is 5.50. The smallest absolute Gasteiger partial charge is 0.171 e. The third-order valence-corrected chi connectivity index (χ3v) is 2.96. The predicted octanol–water partition coefficient (Wildman–Crippen LogP) is 2.84. The molecule has 1 aliphatic heterocycles. The van der Waals surface area contributed by atoms with Crippen LogP contribution in [0.5, 0.6) is 11.5 Å². The molecule has 5 nitrogen and oxygen atoms in total. The van der Waals surface area contributed by atoms with Gasteiger partial charge in [-0.05, 0) is 5.53 Å². The monoisotopic (exact) mass is 225 g/mol. The summed E-state index contributed by atoms with van der Waals surface area (Å²) in [6, 6.07) is 0. The van der Waals surface area contributed by atoms with Crippen molar-refractivity contribution < 1.29 is 9.47 Å². The fourth-order valence-electron chi connectivity index (χ4n) is 1.32. The summed E-state index contributed by atoms with van der Waals surface area (Å²) in [7, 11) is 0. The van der Waals surface area contributed by atoms with Crippen LogP contribution in [0, 0.1) is 5.41 Å². The Balaban J connectivity index is 2.10. The zero-order valence-electron chi connectivity index (χ0n) is 8.34. The van der Waals surface area contributed by atoms with E-state index in [4.69, 9.17) is 15.0 Å². The molecule has 6 heteroatoms. The Labute approximate surface area is 91.3 Å². The molecule has 0 bridgehead atoms. The SMILES string of the molecule is CC1(CN=[N+]=[N-])COc2cscc2OC1. The number of azide groups is 1. The van der Waals surface area contributed by atoms with Crippen molar-refractivity contribution in [3.8, 4) is 11.5 Å². The summed E-state index contributed by atoms with van der Waals surface area (Å²) in [5, 5.41) is 7.40. The van der Waals surface area contributed by atoms with E-state index in [-0.39, 0.29) is 5.41 Å². The molecule has 0 N–H and O–H groups in total. The van der Waals surface area contributed by atoms with Crippen LogP contribution in [0.1, 0.15) is 6.92 Å². The highest BCUT2D eigenvalue weighted by Crippen LogP contribution is 2.36. The molecule has 0 saturated carbocycles. The third-order valence-electron chi connectivity index (χ3n) is 2.26. The van der Waals surface area contributed by atoms with Gasteiger partial charge in [0.2, 0.25) is 0 Å². The van der Waals surface area contributed by atoms with Crippen LogP contribution in [-0.2, 0) is 0 Å². The fourth-order valence-corrected chi connectivity index (χ4v) is 2.01. The second kappa shape index (κ2) is 4.00. The second-order valence-corrected chi connectivity index (χ2v) is 4.62. The Hall–Kier alpha value is -1.39. The lowest BCUT2D eigenvalue weighted by Crippen LogP contribution is -2.33. The molecule has 1 aliphatic rings. The van der Waals surface area contributed by atoms with Crippen LogP contribution in [0.4, 0.5) is 0 Å². The number of rotatable bonds is 2. The van der Waals surface area contributed by atoms with Gasteiger partial charge < -0.3 is 9.47 Å². The highest BCUT2D eigenvalue weighted by Gasteiger charge is 2.29. The molecule has 0 spiro atoms. The first kappa shape index (κ1) is 10.1. The molecule has 0 unspecified atom stereocenters. The van der Waals surface area contributed by atoms with Crippen LogP contribution < -0.4 is 9.47 Å². The maximum Gasteiger partial charge on any atom is 0.171 e. The lowest BCUT2D eigenvalue weighted by Gasteiger charge is -2.23. The van der Waals surface area contributed by atoms with Gasteiger partial charge in [-0.2, -0.15) is 0 Å². The molecule has 1 aromatic rings. The van der Waals surface area contributed by atoms with E-state index in [0.29, 0.717) is 19.8 Å². The molecule has 0 fully saturated rings. The van der Waals surface area contributed by atoms with E-state index in [1.165, 1.54) is 0 Å². The minimum Gasteiger partial charge on any atom is -0.488 e. The standard InChI is InChI=1S/C9H11N3O2S/c1-9(4-11-12-10)5-13-7-2-15-3-8(7)14-6-9/h2-3H,4-6H2,1H3. The van der Waals surface area contributed by atoms with Crippen molar-refractivity contribution in [2.45, 2.75) is 6.92 Å². The first-order chi connectivity index (χ1) is 7.23. The molecule has 0 amide bonds. The molecule has 80 valence electrons. The van der Waals surface area contributed by atoms with Crippen LogP contribution in [0.3, 0.4) is 0 Å². The van der Waals surface area contributed by atoms with E-state index >= 15 is 0 Å².